The first kappa shape index (κ1) is 16.1. The number of carbonyl (C=O) groups is 2. The van der Waals surface area contributed by atoms with Crippen molar-refractivity contribution in [2.75, 3.05) is 13.1 Å². The summed E-state index contributed by atoms with van der Waals surface area (Å²) in [5.74, 6) is -0.637. The number of hydrogen-bond acceptors (Lipinski definition) is 6. The van der Waals surface area contributed by atoms with E-state index in [1.54, 1.807) is 23.2 Å². The summed E-state index contributed by atoms with van der Waals surface area (Å²) < 4.78 is 5.15. The molecule has 1 amide bonds. The van der Waals surface area contributed by atoms with Crippen LogP contribution in [0.1, 0.15) is 25.2 Å². The summed E-state index contributed by atoms with van der Waals surface area (Å²) in [5.41, 5.74) is 0.610. The summed E-state index contributed by atoms with van der Waals surface area (Å²) in [5, 5.41) is 12.9. The second kappa shape index (κ2) is 7.20. The molecule has 1 aliphatic rings. The van der Waals surface area contributed by atoms with Crippen molar-refractivity contribution in [3.05, 3.63) is 30.3 Å². The Bertz CT molecular complexity index is 716. The zero-order chi connectivity index (χ0) is 16.9. The molecule has 3 heterocycles. The van der Waals surface area contributed by atoms with E-state index in [0.29, 0.717) is 43.2 Å². The highest BCUT2D eigenvalue weighted by molar-refractivity contribution is 5.78. The third-order valence-electron chi connectivity index (χ3n) is 4.04. The number of pyridine rings is 1. The van der Waals surface area contributed by atoms with Gasteiger partial charge in [-0.1, -0.05) is 11.2 Å². The largest absolute Gasteiger partial charge is 0.481 e. The number of carboxylic acids is 1. The van der Waals surface area contributed by atoms with Gasteiger partial charge in [-0.2, -0.15) is 4.98 Å². The van der Waals surface area contributed by atoms with Gasteiger partial charge < -0.3 is 14.5 Å². The molecule has 8 heteroatoms. The van der Waals surface area contributed by atoms with Gasteiger partial charge in [0.05, 0.1) is 5.92 Å². The zero-order valence-corrected chi connectivity index (χ0v) is 13.1. The van der Waals surface area contributed by atoms with Crippen molar-refractivity contribution >= 4 is 11.9 Å². The Kier molecular flexibility index (Phi) is 4.83. The van der Waals surface area contributed by atoms with E-state index in [1.807, 2.05) is 6.07 Å². The number of aliphatic carboxylic acids is 1. The minimum absolute atomic E-state index is 0.0847. The minimum atomic E-state index is -0.843. The normalized spacial score (nSPS) is 17.7. The highest BCUT2D eigenvalue weighted by atomic mass is 16.5. The quantitative estimate of drug-likeness (QED) is 0.882. The Morgan fingerprint density at radius 2 is 2.25 bits per heavy atom. The van der Waals surface area contributed by atoms with Crippen LogP contribution in [0.15, 0.2) is 28.9 Å². The van der Waals surface area contributed by atoms with Crippen molar-refractivity contribution in [3.8, 4) is 11.5 Å². The predicted molar refractivity (Wildman–Crippen MR) is 82.8 cm³/mol. The van der Waals surface area contributed by atoms with Gasteiger partial charge in [0.1, 0.15) is 5.69 Å². The number of piperidine rings is 1. The first-order chi connectivity index (χ1) is 11.6. The number of hydrogen-bond donors (Lipinski definition) is 1. The van der Waals surface area contributed by atoms with E-state index in [4.69, 9.17) is 9.63 Å². The fourth-order valence-corrected chi connectivity index (χ4v) is 2.73. The lowest BCUT2D eigenvalue weighted by atomic mass is 9.98. The van der Waals surface area contributed by atoms with Crippen LogP contribution in [-0.4, -0.2) is 50.1 Å². The van der Waals surface area contributed by atoms with Gasteiger partial charge in [-0.25, -0.2) is 0 Å². The minimum Gasteiger partial charge on any atom is -0.481 e. The number of carbonyl (C=O) groups excluding carboxylic acids is 1. The molecule has 126 valence electrons. The van der Waals surface area contributed by atoms with Crippen LogP contribution in [0.5, 0.6) is 0 Å². The van der Waals surface area contributed by atoms with Crippen molar-refractivity contribution in [1.29, 1.82) is 0 Å². The molecule has 24 heavy (non-hydrogen) atoms. The van der Waals surface area contributed by atoms with Gasteiger partial charge in [-0.15, -0.1) is 0 Å². The number of aromatic nitrogens is 3. The Labute approximate surface area is 138 Å². The molecule has 0 aromatic carbocycles. The Balaban J connectivity index is 1.55. The lowest BCUT2D eigenvalue weighted by molar-refractivity contribution is -0.145. The fraction of sp³-hybridized carbons (Fsp3) is 0.438. The molecule has 2 aromatic rings. The van der Waals surface area contributed by atoms with E-state index >= 15 is 0 Å². The van der Waals surface area contributed by atoms with E-state index in [0.717, 1.165) is 0 Å². The van der Waals surface area contributed by atoms with Crippen LogP contribution in [0.25, 0.3) is 11.5 Å². The number of amides is 1. The Hall–Kier alpha value is -2.77. The number of carboxylic acid groups (broad SMARTS) is 1. The van der Waals surface area contributed by atoms with E-state index in [9.17, 15) is 9.59 Å². The second-order valence-corrected chi connectivity index (χ2v) is 5.74. The fourth-order valence-electron chi connectivity index (χ4n) is 2.73. The molecule has 1 aliphatic heterocycles. The van der Waals surface area contributed by atoms with Crippen LogP contribution in [0.2, 0.25) is 0 Å². The molecule has 0 aliphatic carbocycles. The van der Waals surface area contributed by atoms with Crippen LogP contribution in [0, 0.1) is 5.92 Å². The topological polar surface area (TPSA) is 109 Å². The standard InChI is InChI=1S/C16H18N4O4/c21-14(20-9-3-4-11(10-20)16(22)23)7-6-13-18-15(19-24-13)12-5-1-2-8-17-12/h1-2,5,8,11H,3-4,6-7,9-10H2,(H,22,23)/t11-/m0/s1. The molecule has 0 saturated carbocycles. The Morgan fingerprint density at radius 1 is 1.38 bits per heavy atom. The van der Waals surface area contributed by atoms with E-state index in [-0.39, 0.29) is 18.9 Å². The van der Waals surface area contributed by atoms with Crippen LogP contribution in [-0.2, 0) is 16.0 Å². The zero-order valence-electron chi connectivity index (χ0n) is 13.1. The number of likely N-dealkylation sites (tertiary alicyclic amines) is 1. The molecule has 8 nitrogen and oxygen atoms in total. The SMILES string of the molecule is O=C(O)[C@H]1CCCN(C(=O)CCc2nc(-c3ccccn3)no2)C1. The summed E-state index contributed by atoms with van der Waals surface area (Å²) in [6.45, 7) is 0.878. The van der Waals surface area contributed by atoms with Crippen LogP contribution in [0.3, 0.4) is 0 Å². The molecule has 1 N–H and O–H groups in total. The molecular weight excluding hydrogens is 312 g/mol. The maximum atomic E-state index is 12.2. The highest BCUT2D eigenvalue weighted by Gasteiger charge is 2.28. The number of rotatable bonds is 5. The summed E-state index contributed by atoms with van der Waals surface area (Å²) in [7, 11) is 0. The van der Waals surface area contributed by atoms with Crippen molar-refractivity contribution in [2.24, 2.45) is 5.92 Å². The first-order valence-corrected chi connectivity index (χ1v) is 7.88. The molecule has 2 aromatic heterocycles. The lowest BCUT2D eigenvalue weighted by Crippen LogP contribution is -2.42. The molecule has 1 atom stereocenters. The monoisotopic (exact) mass is 330 g/mol. The first-order valence-electron chi connectivity index (χ1n) is 7.88. The summed E-state index contributed by atoms with van der Waals surface area (Å²) in [6.07, 6.45) is 3.52. The third-order valence-corrected chi connectivity index (χ3v) is 4.04. The third kappa shape index (κ3) is 3.76. The maximum absolute atomic E-state index is 12.2. The second-order valence-electron chi connectivity index (χ2n) is 5.74. The number of aryl methyl sites for hydroxylation is 1. The summed E-state index contributed by atoms with van der Waals surface area (Å²) >= 11 is 0. The van der Waals surface area contributed by atoms with E-state index in [2.05, 4.69) is 15.1 Å². The van der Waals surface area contributed by atoms with E-state index in [1.165, 1.54) is 0 Å². The molecule has 0 spiro atoms. The van der Waals surface area contributed by atoms with Crippen molar-refractivity contribution in [3.63, 3.8) is 0 Å². The smallest absolute Gasteiger partial charge is 0.308 e. The van der Waals surface area contributed by atoms with Gasteiger partial charge in [0.2, 0.25) is 17.6 Å². The molecule has 0 radical (unpaired) electrons. The lowest BCUT2D eigenvalue weighted by Gasteiger charge is -2.30. The van der Waals surface area contributed by atoms with Crippen LogP contribution < -0.4 is 0 Å². The highest BCUT2D eigenvalue weighted by Crippen LogP contribution is 2.18. The average Bonchev–Trinajstić information content (AvgIpc) is 3.09. The van der Waals surface area contributed by atoms with Gasteiger partial charge in [0, 0.05) is 32.1 Å². The van der Waals surface area contributed by atoms with Gasteiger partial charge in [-0.3, -0.25) is 14.6 Å². The number of nitrogens with zero attached hydrogens (tertiary/aromatic N) is 4. The molecular formula is C16H18N4O4. The molecule has 1 fully saturated rings. The Morgan fingerprint density at radius 3 is 3.00 bits per heavy atom. The average molecular weight is 330 g/mol. The summed E-state index contributed by atoms with van der Waals surface area (Å²) in [6, 6.07) is 5.41. The predicted octanol–water partition coefficient (Wildman–Crippen LogP) is 1.39. The molecule has 1 saturated heterocycles. The maximum Gasteiger partial charge on any atom is 0.308 e. The van der Waals surface area contributed by atoms with Crippen LogP contribution >= 0.6 is 0 Å². The van der Waals surface area contributed by atoms with Gasteiger partial charge in [0.25, 0.3) is 0 Å². The van der Waals surface area contributed by atoms with Crippen molar-refractivity contribution in [1.82, 2.24) is 20.0 Å². The van der Waals surface area contributed by atoms with Gasteiger partial charge >= 0.3 is 5.97 Å². The molecule has 0 unspecified atom stereocenters. The van der Waals surface area contributed by atoms with Crippen molar-refractivity contribution < 1.29 is 19.2 Å². The van der Waals surface area contributed by atoms with Gasteiger partial charge in [-0.05, 0) is 25.0 Å². The van der Waals surface area contributed by atoms with Gasteiger partial charge in [0.15, 0.2) is 0 Å². The molecule has 3 rings (SSSR count). The molecule has 0 bridgehead atoms. The van der Waals surface area contributed by atoms with E-state index < -0.39 is 11.9 Å². The van der Waals surface area contributed by atoms with Crippen molar-refractivity contribution in [2.45, 2.75) is 25.7 Å². The van der Waals surface area contributed by atoms with Crippen LogP contribution in [0.4, 0.5) is 0 Å². The summed E-state index contributed by atoms with van der Waals surface area (Å²) in [4.78, 5) is 33.3.